The van der Waals surface area contributed by atoms with Crippen molar-refractivity contribution >= 4 is 5.69 Å². The van der Waals surface area contributed by atoms with Crippen molar-refractivity contribution in [2.45, 2.75) is 64.4 Å². The smallest absolute Gasteiger partial charge is 0.143 e. The molecule has 0 saturated heterocycles. The fourth-order valence-corrected chi connectivity index (χ4v) is 4.76. The van der Waals surface area contributed by atoms with Gasteiger partial charge in [-0.1, -0.05) is 66.7 Å². The SMILES string of the molecule is CN(Cc1ccccc1)c1c(OCc2ccccc2)ccc2c1CC[C@@H](NC(C)(C)C)[C@H]2O. The maximum Gasteiger partial charge on any atom is 0.143 e. The first-order valence-electron chi connectivity index (χ1n) is 11.8. The minimum atomic E-state index is -0.542. The molecular weight excluding hydrogens is 408 g/mol. The van der Waals surface area contributed by atoms with Crippen LogP contribution in [0.15, 0.2) is 72.8 Å². The molecule has 1 aliphatic rings. The molecule has 4 rings (SSSR count). The molecule has 0 bridgehead atoms. The van der Waals surface area contributed by atoms with Crippen LogP contribution in [-0.2, 0) is 19.6 Å². The Morgan fingerprint density at radius 2 is 1.58 bits per heavy atom. The van der Waals surface area contributed by atoms with Crippen LogP contribution in [0.5, 0.6) is 5.75 Å². The molecule has 4 heteroatoms. The highest BCUT2D eigenvalue weighted by Crippen LogP contribution is 2.42. The summed E-state index contributed by atoms with van der Waals surface area (Å²) in [5.41, 5.74) is 5.62. The number of aliphatic hydroxyl groups excluding tert-OH is 1. The second kappa shape index (κ2) is 9.98. The monoisotopic (exact) mass is 444 g/mol. The van der Waals surface area contributed by atoms with Crippen LogP contribution < -0.4 is 15.0 Å². The molecule has 0 aliphatic heterocycles. The first-order chi connectivity index (χ1) is 15.8. The van der Waals surface area contributed by atoms with Gasteiger partial charge in [0.25, 0.3) is 0 Å². The average molecular weight is 445 g/mol. The number of fused-ring (bicyclic) bond motifs is 1. The number of rotatable bonds is 7. The molecule has 0 radical (unpaired) electrons. The molecule has 0 spiro atoms. The number of anilines is 1. The highest BCUT2D eigenvalue weighted by Gasteiger charge is 2.33. The summed E-state index contributed by atoms with van der Waals surface area (Å²) in [6.45, 7) is 7.74. The van der Waals surface area contributed by atoms with Crippen molar-refractivity contribution in [1.82, 2.24) is 5.32 Å². The van der Waals surface area contributed by atoms with E-state index in [0.717, 1.165) is 42.0 Å². The van der Waals surface area contributed by atoms with Crippen molar-refractivity contribution in [3.8, 4) is 5.75 Å². The van der Waals surface area contributed by atoms with Crippen LogP contribution in [0.2, 0.25) is 0 Å². The van der Waals surface area contributed by atoms with Crippen LogP contribution in [0.3, 0.4) is 0 Å². The maximum absolute atomic E-state index is 11.3. The van der Waals surface area contributed by atoms with Gasteiger partial charge in [-0.15, -0.1) is 0 Å². The van der Waals surface area contributed by atoms with Crippen LogP contribution in [0, 0.1) is 0 Å². The number of benzene rings is 3. The standard InChI is InChI=1S/C29H36N2O2/c1-29(2,3)30-25-17-15-23-24(28(25)32)16-18-26(33-20-22-13-9-6-10-14-22)27(23)31(4)19-21-11-7-5-8-12-21/h5-14,16,18,25,28,30,32H,15,17,19-20H2,1-4H3/t25-,28+/m1/s1. The zero-order valence-electron chi connectivity index (χ0n) is 20.2. The Labute approximate surface area is 198 Å². The summed E-state index contributed by atoms with van der Waals surface area (Å²) in [5, 5.41) is 14.9. The molecule has 174 valence electrons. The van der Waals surface area contributed by atoms with Gasteiger partial charge in [-0.25, -0.2) is 0 Å². The van der Waals surface area contributed by atoms with Gasteiger partial charge in [-0.3, -0.25) is 0 Å². The normalized spacial score (nSPS) is 18.0. The van der Waals surface area contributed by atoms with Gasteiger partial charge < -0.3 is 20.1 Å². The van der Waals surface area contributed by atoms with E-state index in [4.69, 9.17) is 4.74 Å². The summed E-state index contributed by atoms with van der Waals surface area (Å²) < 4.78 is 6.35. The fourth-order valence-electron chi connectivity index (χ4n) is 4.76. The van der Waals surface area contributed by atoms with Gasteiger partial charge in [0.15, 0.2) is 0 Å². The van der Waals surface area contributed by atoms with E-state index < -0.39 is 6.10 Å². The number of aliphatic hydroxyl groups is 1. The lowest BCUT2D eigenvalue weighted by molar-refractivity contribution is 0.1000. The molecule has 0 saturated carbocycles. The Morgan fingerprint density at radius 3 is 2.21 bits per heavy atom. The molecule has 4 nitrogen and oxygen atoms in total. The van der Waals surface area contributed by atoms with E-state index in [9.17, 15) is 5.11 Å². The molecule has 2 atom stereocenters. The Morgan fingerprint density at radius 1 is 0.939 bits per heavy atom. The molecule has 0 fully saturated rings. The predicted molar refractivity (Wildman–Crippen MR) is 136 cm³/mol. The summed E-state index contributed by atoms with van der Waals surface area (Å²) in [4.78, 5) is 2.26. The maximum atomic E-state index is 11.3. The third kappa shape index (κ3) is 5.76. The van der Waals surface area contributed by atoms with Gasteiger partial charge in [-0.2, -0.15) is 0 Å². The van der Waals surface area contributed by atoms with Crippen LogP contribution in [-0.4, -0.2) is 23.7 Å². The molecule has 0 amide bonds. The van der Waals surface area contributed by atoms with E-state index in [0.29, 0.717) is 6.61 Å². The summed E-state index contributed by atoms with van der Waals surface area (Å²) in [6.07, 6.45) is 1.25. The minimum Gasteiger partial charge on any atom is -0.487 e. The Bertz CT molecular complexity index is 1040. The lowest BCUT2D eigenvalue weighted by Gasteiger charge is -2.38. The number of hydrogen-bond donors (Lipinski definition) is 2. The Hall–Kier alpha value is -2.82. The van der Waals surface area contributed by atoms with E-state index >= 15 is 0 Å². The molecule has 0 unspecified atom stereocenters. The average Bonchev–Trinajstić information content (AvgIpc) is 2.79. The second-order valence-electron chi connectivity index (χ2n) is 10.1. The van der Waals surface area contributed by atoms with Crippen molar-refractivity contribution in [3.63, 3.8) is 0 Å². The summed E-state index contributed by atoms with van der Waals surface area (Å²) in [6, 6.07) is 24.9. The third-order valence-corrected chi connectivity index (χ3v) is 6.19. The molecule has 0 aromatic heterocycles. The first kappa shape index (κ1) is 23.3. The van der Waals surface area contributed by atoms with E-state index in [-0.39, 0.29) is 11.6 Å². The number of nitrogens with one attached hydrogen (secondary N) is 1. The van der Waals surface area contributed by atoms with E-state index in [1.54, 1.807) is 0 Å². The molecular formula is C29H36N2O2. The van der Waals surface area contributed by atoms with Crippen LogP contribution in [0.25, 0.3) is 0 Å². The fraction of sp³-hybridized carbons (Fsp3) is 0.379. The van der Waals surface area contributed by atoms with Crippen molar-refractivity contribution in [1.29, 1.82) is 0 Å². The van der Waals surface area contributed by atoms with Gasteiger partial charge >= 0.3 is 0 Å². The molecule has 3 aromatic carbocycles. The van der Waals surface area contributed by atoms with Gasteiger partial charge in [0.2, 0.25) is 0 Å². The molecule has 2 N–H and O–H groups in total. The number of ether oxygens (including phenoxy) is 1. The predicted octanol–water partition coefficient (Wildman–Crippen LogP) is 5.64. The van der Waals surface area contributed by atoms with Crippen molar-refractivity contribution < 1.29 is 9.84 Å². The summed E-state index contributed by atoms with van der Waals surface area (Å²) >= 11 is 0. The summed E-state index contributed by atoms with van der Waals surface area (Å²) in [7, 11) is 2.11. The zero-order valence-corrected chi connectivity index (χ0v) is 20.2. The zero-order chi connectivity index (χ0) is 23.4. The van der Waals surface area contributed by atoms with Crippen LogP contribution in [0.1, 0.15) is 55.5 Å². The van der Waals surface area contributed by atoms with Crippen molar-refractivity contribution in [3.05, 3.63) is 95.1 Å². The Balaban J connectivity index is 1.67. The highest BCUT2D eigenvalue weighted by atomic mass is 16.5. The van der Waals surface area contributed by atoms with Gasteiger partial charge in [0, 0.05) is 25.2 Å². The third-order valence-electron chi connectivity index (χ3n) is 6.19. The quantitative estimate of drug-likeness (QED) is 0.495. The lowest BCUT2D eigenvalue weighted by atomic mass is 9.83. The Kier molecular flexibility index (Phi) is 7.06. The summed E-state index contributed by atoms with van der Waals surface area (Å²) in [5.74, 6) is 0.866. The minimum absolute atomic E-state index is 0.0425. The van der Waals surface area contributed by atoms with E-state index in [2.05, 4.69) is 80.5 Å². The second-order valence-corrected chi connectivity index (χ2v) is 10.1. The highest BCUT2D eigenvalue weighted by molar-refractivity contribution is 5.67. The van der Waals surface area contributed by atoms with Gasteiger partial charge in [0.05, 0.1) is 11.8 Å². The molecule has 0 heterocycles. The van der Waals surface area contributed by atoms with Crippen LogP contribution >= 0.6 is 0 Å². The van der Waals surface area contributed by atoms with Gasteiger partial charge in [0.1, 0.15) is 12.4 Å². The first-order valence-corrected chi connectivity index (χ1v) is 11.8. The van der Waals surface area contributed by atoms with E-state index in [1.807, 2.05) is 30.3 Å². The van der Waals surface area contributed by atoms with Crippen LogP contribution in [0.4, 0.5) is 5.69 Å². The van der Waals surface area contributed by atoms with E-state index in [1.165, 1.54) is 11.1 Å². The molecule has 1 aliphatic carbocycles. The van der Waals surface area contributed by atoms with Crippen molar-refractivity contribution in [2.24, 2.45) is 0 Å². The number of nitrogens with zero attached hydrogens (tertiary/aromatic N) is 1. The molecule has 33 heavy (non-hydrogen) atoms. The topological polar surface area (TPSA) is 44.7 Å². The lowest BCUT2D eigenvalue weighted by Crippen LogP contribution is -2.48. The van der Waals surface area contributed by atoms with Crippen molar-refractivity contribution in [2.75, 3.05) is 11.9 Å². The van der Waals surface area contributed by atoms with Gasteiger partial charge in [-0.05, 0) is 61.9 Å². The largest absolute Gasteiger partial charge is 0.487 e. The number of hydrogen-bond acceptors (Lipinski definition) is 4. The molecule has 3 aromatic rings.